The van der Waals surface area contributed by atoms with Crippen LogP contribution in [0.2, 0.25) is 0 Å². The Morgan fingerprint density at radius 2 is 1.74 bits per heavy atom. The first-order chi connectivity index (χ1) is 16.0. The molecule has 0 aliphatic carbocycles. The van der Waals surface area contributed by atoms with Gasteiger partial charge in [0.1, 0.15) is 11.6 Å². The summed E-state index contributed by atoms with van der Waals surface area (Å²) in [4.78, 5) is 64.3. The summed E-state index contributed by atoms with van der Waals surface area (Å²) in [6.07, 6.45) is 1.59. The van der Waals surface area contributed by atoms with Crippen molar-refractivity contribution in [3.8, 4) is 0 Å². The second-order valence-electron chi connectivity index (χ2n) is 10.00. The minimum Gasteiger partial charge on any atom is -0.444 e. The SMILES string of the molecule is CC(C)(C)OC(=O)N1CCC(CNc2ccc3c(c2)C(=O)N(C2CCC(=O)NC2=O)C3=O)CC1. The number of rotatable bonds is 4. The number of hydrogen-bond acceptors (Lipinski definition) is 7. The van der Waals surface area contributed by atoms with E-state index in [4.69, 9.17) is 4.74 Å². The Morgan fingerprint density at radius 1 is 1.06 bits per heavy atom. The van der Waals surface area contributed by atoms with Crippen molar-refractivity contribution in [1.82, 2.24) is 15.1 Å². The number of carbonyl (C=O) groups excluding carboxylic acids is 5. The van der Waals surface area contributed by atoms with Gasteiger partial charge in [-0.15, -0.1) is 0 Å². The molecule has 5 amide bonds. The zero-order chi connectivity index (χ0) is 24.6. The van der Waals surface area contributed by atoms with Crippen LogP contribution >= 0.6 is 0 Å². The average Bonchev–Trinajstić information content (AvgIpc) is 3.01. The summed E-state index contributed by atoms with van der Waals surface area (Å²) in [7, 11) is 0. The van der Waals surface area contributed by atoms with Crippen LogP contribution in [0.15, 0.2) is 18.2 Å². The summed E-state index contributed by atoms with van der Waals surface area (Å²) in [5.41, 5.74) is 0.695. The Morgan fingerprint density at radius 3 is 2.38 bits per heavy atom. The van der Waals surface area contributed by atoms with E-state index in [0.717, 1.165) is 17.7 Å². The molecule has 34 heavy (non-hydrogen) atoms. The molecule has 0 spiro atoms. The summed E-state index contributed by atoms with van der Waals surface area (Å²) in [6, 6.07) is 4.00. The second kappa shape index (κ2) is 9.08. The first kappa shape index (κ1) is 23.7. The van der Waals surface area contributed by atoms with Gasteiger partial charge in [-0.2, -0.15) is 0 Å². The lowest BCUT2D eigenvalue weighted by Crippen LogP contribution is -2.54. The lowest BCUT2D eigenvalue weighted by atomic mass is 9.97. The standard InChI is InChI=1S/C24H30N4O6/c1-24(2,3)34-23(33)27-10-8-14(9-11-27)13-25-15-4-5-16-17(12-15)22(32)28(21(16)31)18-6-7-19(29)26-20(18)30/h4-5,12,14,18,25H,6-11,13H2,1-3H3,(H,26,29,30). The number of hydrogen-bond donors (Lipinski definition) is 2. The second-order valence-corrected chi connectivity index (χ2v) is 10.00. The van der Waals surface area contributed by atoms with Crippen LogP contribution in [-0.4, -0.2) is 70.8 Å². The number of anilines is 1. The zero-order valence-corrected chi connectivity index (χ0v) is 19.7. The van der Waals surface area contributed by atoms with Crippen LogP contribution < -0.4 is 10.6 Å². The molecule has 2 fully saturated rings. The smallest absolute Gasteiger partial charge is 0.410 e. The van der Waals surface area contributed by atoms with E-state index < -0.39 is 35.3 Å². The molecule has 4 rings (SSSR count). The molecule has 10 nitrogen and oxygen atoms in total. The van der Waals surface area contributed by atoms with E-state index in [-0.39, 0.29) is 30.1 Å². The number of ether oxygens (including phenoxy) is 1. The minimum atomic E-state index is -0.975. The maximum Gasteiger partial charge on any atom is 0.410 e. The molecular weight excluding hydrogens is 440 g/mol. The molecule has 3 heterocycles. The monoisotopic (exact) mass is 470 g/mol. The first-order valence-corrected chi connectivity index (χ1v) is 11.6. The number of amides is 5. The lowest BCUT2D eigenvalue weighted by Gasteiger charge is -2.33. The largest absolute Gasteiger partial charge is 0.444 e. The molecule has 3 aliphatic rings. The van der Waals surface area contributed by atoms with Crippen molar-refractivity contribution in [2.45, 2.75) is 58.1 Å². The Labute approximate surface area is 198 Å². The van der Waals surface area contributed by atoms with Crippen molar-refractivity contribution in [1.29, 1.82) is 0 Å². The van der Waals surface area contributed by atoms with Gasteiger partial charge in [0.05, 0.1) is 11.1 Å². The summed E-state index contributed by atoms with van der Waals surface area (Å²) in [5, 5.41) is 5.52. The van der Waals surface area contributed by atoms with Crippen molar-refractivity contribution in [3.05, 3.63) is 29.3 Å². The number of carbonyl (C=O) groups is 5. The molecule has 2 saturated heterocycles. The molecule has 0 saturated carbocycles. The van der Waals surface area contributed by atoms with Crippen molar-refractivity contribution in [2.75, 3.05) is 25.0 Å². The highest BCUT2D eigenvalue weighted by molar-refractivity contribution is 6.23. The molecule has 182 valence electrons. The third-order valence-electron chi connectivity index (χ3n) is 6.30. The Hall–Kier alpha value is -3.43. The van der Waals surface area contributed by atoms with Gasteiger partial charge in [0.25, 0.3) is 11.8 Å². The van der Waals surface area contributed by atoms with Crippen LogP contribution in [0.5, 0.6) is 0 Å². The fourth-order valence-electron chi connectivity index (χ4n) is 4.49. The molecular formula is C24H30N4O6. The van der Waals surface area contributed by atoms with E-state index in [1.807, 2.05) is 20.8 Å². The summed E-state index contributed by atoms with van der Waals surface area (Å²) >= 11 is 0. The van der Waals surface area contributed by atoms with Gasteiger partial charge < -0.3 is 15.0 Å². The van der Waals surface area contributed by atoms with E-state index in [1.54, 1.807) is 23.1 Å². The zero-order valence-electron chi connectivity index (χ0n) is 19.7. The highest BCUT2D eigenvalue weighted by Crippen LogP contribution is 2.30. The first-order valence-electron chi connectivity index (χ1n) is 11.6. The van der Waals surface area contributed by atoms with Crippen molar-refractivity contribution >= 4 is 35.4 Å². The quantitative estimate of drug-likeness (QED) is 0.646. The van der Waals surface area contributed by atoms with E-state index >= 15 is 0 Å². The highest BCUT2D eigenvalue weighted by Gasteiger charge is 2.44. The number of piperidine rings is 2. The Bertz CT molecular complexity index is 1040. The number of likely N-dealkylation sites (tertiary alicyclic amines) is 1. The van der Waals surface area contributed by atoms with Gasteiger partial charge in [-0.1, -0.05) is 0 Å². The number of fused-ring (bicyclic) bond motifs is 1. The van der Waals surface area contributed by atoms with Crippen LogP contribution in [0.1, 0.15) is 67.2 Å². The number of nitrogens with zero attached hydrogens (tertiary/aromatic N) is 2. The topological polar surface area (TPSA) is 125 Å². The summed E-state index contributed by atoms with van der Waals surface area (Å²) in [6.45, 7) is 7.46. The van der Waals surface area contributed by atoms with Gasteiger partial charge in [0.2, 0.25) is 11.8 Å². The molecule has 1 aromatic rings. The molecule has 1 unspecified atom stereocenters. The highest BCUT2D eigenvalue weighted by atomic mass is 16.6. The number of imide groups is 2. The van der Waals surface area contributed by atoms with Gasteiger partial charge in [0.15, 0.2) is 0 Å². The Balaban J connectivity index is 1.34. The molecule has 1 atom stereocenters. The third-order valence-corrected chi connectivity index (χ3v) is 6.30. The van der Waals surface area contributed by atoms with E-state index in [1.165, 1.54) is 0 Å². The molecule has 10 heteroatoms. The maximum absolute atomic E-state index is 13.0. The number of nitrogens with one attached hydrogen (secondary N) is 2. The molecule has 0 radical (unpaired) electrons. The molecule has 0 aromatic heterocycles. The van der Waals surface area contributed by atoms with Crippen molar-refractivity contribution < 1.29 is 28.7 Å². The van der Waals surface area contributed by atoms with Gasteiger partial charge in [-0.05, 0) is 64.2 Å². The predicted molar refractivity (Wildman–Crippen MR) is 122 cm³/mol. The van der Waals surface area contributed by atoms with E-state index in [0.29, 0.717) is 31.2 Å². The lowest BCUT2D eigenvalue weighted by molar-refractivity contribution is -0.136. The Kier molecular flexibility index (Phi) is 6.33. The van der Waals surface area contributed by atoms with Gasteiger partial charge in [0, 0.05) is 31.7 Å². The molecule has 2 N–H and O–H groups in total. The minimum absolute atomic E-state index is 0.0867. The fourth-order valence-corrected chi connectivity index (χ4v) is 4.49. The van der Waals surface area contributed by atoms with Gasteiger partial charge in [-0.25, -0.2) is 4.79 Å². The summed E-state index contributed by atoms with van der Waals surface area (Å²) < 4.78 is 5.43. The van der Waals surface area contributed by atoms with E-state index in [2.05, 4.69) is 10.6 Å². The average molecular weight is 471 g/mol. The number of benzene rings is 1. The van der Waals surface area contributed by atoms with Gasteiger partial charge >= 0.3 is 6.09 Å². The third kappa shape index (κ3) is 4.90. The van der Waals surface area contributed by atoms with Crippen molar-refractivity contribution in [2.24, 2.45) is 5.92 Å². The van der Waals surface area contributed by atoms with Crippen LogP contribution in [0.3, 0.4) is 0 Å². The summed E-state index contributed by atoms with van der Waals surface area (Å²) in [5.74, 6) is -1.72. The maximum atomic E-state index is 13.0. The normalized spacial score (nSPS) is 21.4. The predicted octanol–water partition coefficient (Wildman–Crippen LogP) is 2.15. The van der Waals surface area contributed by atoms with Crippen LogP contribution in [0, 0.1) is 5.92 Å². The van der Waals surface area contributed by atoms with Crippen molar-refractivity contribution in [3.63, 3.8) is 0 Å². The van der Waals surface area contributed by atoms with Crippen LogP contribution in [0.4, 0.5) is 10.5 Å². The van der Waals surface area contributed by atoms with Gasteiger partial charge in [-0.3, -0.25) is 29.4 Å². The van der Waals surface area contributed by atoms with Crippen LogP contribution in [0.25, 0.3) is 0 Å². The molecule has 1 aromatic carbocycles. The fraction of sp³-hybridized carbons (Fsp3) is 0.542. The van der Waals surface area contributed by atoms with E-state index in [9.17, 15) is 24.0 Å². The molecule has 3 aliphatic heterocycles. The van der Waals surface area contributed by atoms with Crippen LogP contribution in [-0.2, 0) is 14.3 Å². The molecule has 0 bridgehead atoms.